The fraction of sp³-hybridized carbons (Fsp3) is 0.0769. The third-order valence-corrected chi connectivity index (χ3v) is 5.06. The fourth-order valence-corrected chi connectivity index (χ4v) is 3.61. The van der Waals surface area contributed by atoms with Gasteiger partial charge in [0.2, 0.25) is 5.91 Å². The first kappa shape index (κ1) is 16.2. The highest BCUT2D eigenvalue weighted by atomic mass is 35.5. The molecule has 2 rings (SSSR count). The number of amides is 1. The minimum atomic E-state index is -0.973. The number of carboxylic acid groups (broad SMARTS) is 1. The van der Waals surface area contributed by atoms with E-state index in [4.69, 9.17) is 28.3 Å². The summed E-state index contributed by atoms with van der Waals surface area (Å²) in [6, 6.07) is 6.49. The number of hydrogen-bond acceptors (Lipinski definition) is 4. The van der Waals surface area contributed by atoms with Crippen LogP contribution in [-0.2, 0) is 4.79 Å². The molecule has 21 heavy (non-hydrogen) atoms. The number of nitrogens with one attached hydrogen (secondary N) is 1. The van der Waals surface area contributed by atoms with Crippen LogP contribution >= 0.6 is 46.3 Å². The third kappa shape index (κ3) is 4.38. The van der Waals surface area contributed by atoms with E-state index in [-0.39, 0.29) is 16.5 Å². The highest BCUT2D eigenvalue weighted by molar-refractivity contribution is 8.00. The van der Waals surface area contributed by atoms with Crippen LogP contribution in [0.15, 0.2) is 34.5 Å². The van der Waals surface area contributed by atoms with E-state index < -0.39 is 5.97 Å². The normalized spacial score (nSPS) is 10.4. The van der Waals surface area contributed by atoms with Gasteiger partial charge in [-0.3, -0.25) is 4.79 Å². The molecule has 2 N–H and O–H groups in total. The molecule has 110 valence electrons. The number of aromatic carboxylic acids is 1. The maximum absolute atomic E-state index is 11.9. The standard InChI is InChI=1S/C13H9Cl2NO3S2/c14-8-2-1-3-9(15)12(8)16-11(17)6-20-7-4-10(13(18)19)21-5-7/h1-5H,6H2,(H,16,17)(H,18,19). The molecule has 0 aliphatic rings. The number of carbonyl (C=O) groups is 2. The van der Waals surface area contributed by atoms with E-state index in [1.807, 2.05) is 0 Å². The van der Waals surface area contributed by atoms with E-state index in [9.17, 15) is 9.59 Å². The summed E-state index contributed by atoms with van der Waals surface area (Å²) in [5.74, 6) is -1.10. The van der Waals surface area contributed by atoms with Crippen LogP contribution in [0.3, 0.4) is 0 Å². The number of para-hydroxylation sites is 1. The van der Waals surface area contributed by atoms with Crippen molar-refractivity contribution in [2.45, 2.75) is 4.90 Å². The van der Waals surface area contributed by atoms with Gasteiger partial charge in [0.1, 0.15) is 4.88 Å². The van der Waals surface area contributed by atoms with Crippen LogP contribution in [0, 0.1) is 0 Å². The summed E-state index contributed by atoms with van der Waals surface area (Å²) in [5.41, 5.74) is 0.378. The number of thioether (sulfide) groups is 1. The maximum atomic E-state index is 11.9. The van der Waals surface area contributed by atoms with Gasteiger partial charge < -0.3 is 10.4 Å². The van der Waals surface area contributed by atoms with Crippen molar-refractivity contribution >= 4 is 63.9 Å². The summed E-state index contributed by atoms with van der Waals surface area (Å²) >= 11 is 14.3. The minimum Gasteiger partial charge on any atom is -0.477 e. The summed E-state index contributed by atoms with van der Waals surface area (Å²) in [5, 5.41) is 13.9. The van der Waals surface area contributed by atoms with Crippen molar-refractivity contribution in [3.8, 4) is 0 Å². The second-order valence-corrected chi connectivity index (χ2v) is 6.66. The summed E-state index contributed by atoms with van der Waals surface area (Å²) in [4.78, 5) is 23.6. The maximum Gasteiger partial charge on any atom is 0.345 e. The quantitative estimate of drug-likeness (QED) is 0.770. The van der Waals surface area contributed by atoms with Crippen LogP contribution in [0.2, 0.25) is 10.0 Å². The van der Waals surface area contributed by atoms with Gasteiger partial charge in [0.05, 0.1) is 21.5 Å². The van der Waals surface area contributed by atoms with Crippen LogP contribution in [0.5, 0.6) is 0 Å². The molecule has 1 amide bonds. The van der Waals surface area contributed by atoms with Gasteiger partial charge in [-0.15, -0.1) is 23.1 Å². The topological polar surface area (TPSA) is 66.4 Å². The number of hydrogen-bond donors (Lipinski definition) is 2. The first-order valence-electron chi connectivity index (χ1n) is 5.66. The number of rotatable bonds is 5. The summed E-state index contributed by atoms with van der Waals surface area (Å²) in [6.07, 6.45) is 0. The van der Waals surface area contributed by atoms with Crippen molar-refractivity contribution in [2.24, 2.45) is 0 Å². The van der Waals surface area contributed by atoms with Gasteiger partial charge in [0.25, 0.3) is 0 Å². The zero-order chi connectivity index (χ0) is 15.4. The molecule has 0 fully saturated rings. The molecule has 4 nitrogen and oxygen atoms in total. The summed E-state index contributed by atoms with van der Waals surface area (Å²) in [7, 11) is 0. The minimum absolute atomic E-state index is 0.136. The lowest BCUT2D eigenvalue weighted by atomic mass is 10.3. The van der Waals surface area contributed by atoms with Gasteiger partial charge in [0, 0.05) is 10.3 Å². The van der Waals surface area contributed by atoms with E-state index in [1.54, 1.807) is 23.6 Å². The zero-order valence-electron chi connectivity index (χ0n) is 10.4. The molecule has 8 heteroatoms. The average molecular weight is 362 g/mol. The molecule has 0 spiro atoms. The average Bonchev–Trinajstić information content (AvgIpc) is 2.90. The van der Waals surface area contributed by atoms with E-state index in [2.05, 4.69) is 5.32 Å². The molecule has 0 radical (unpaired) electrons. The van der Waals surface area contributed by atoms with Crippen molar-refractivity contribution in [3.63, 3.8) is 0 Å². The first-order chi connectivity index (χ1) is 9.97. The highest BCUT2D eigenvalue weighted by Crippen LogP contribution is 2.30. The van der Waals surface area contributed by atoms with E-state index in [1.165, 1.54) is 17.8 Å². The molecular formula is C13H9Cl2NO3S2. The summed E-state index contributed by atoms with van der Waals surface area (Å²) in [6.45, 7) is 0. The molecule has 1 heterocycles. The van der Waals surface area contributed by atoms with Crippen molar-refractivity contribution in [3.05, 3.63) is 44.6 Å². The molecule has 0 bridgehead atoms. The molecule has 0 aliphatic carbocycles. The number of halogens is 2. The van der Waals surface area contributed by atoms with Gasteiger partial charge in [-0.2, -0.15) is 0 Å². The second kappa shape index (κ2) is 7.17. The largest absolute Gasteiger partial charge is 0.477 e. The molecule has 0 atom stereocenters. The Morgan fingerprint density at radius 3 is 2.52 bits per heavy atom. The Hall–Kier alpha value is -1.21. The van der Waals surface area contributed by atoms with Gasteiger partial charge in [0.15, 0.2) is 0 Å². The molecular weight excluding hydrogens is 353 g/mol. The number of benzene rings is 1. The molecule has 0 unspecified atom stereocenters. The number of carbonyl (C=O) groups excluding carboxylic acids is 1. The highest BCUT2D eigenvalue weighted by Gasteiger charge is 2.12. The monoisotopic (exact) mass is 361 g/mol. The van der Waals surface area contributed by atoms with Gasteiger partial charge >= 0.3 is 5.97 Å². The lowest BCUT2D eigenvalue weighted by molar-refractivity contribution is -0.113. The Kier molecular flexibility index (Phi) is 5.52. The van der Waals surface area contributed by atoms with Crippen molar-refractivity contribution in [1.29, 1.82) is 0 Å². The van der Waals surface area contributed by atoms with E-state index >= 15 is 0 Å². The lowest BCUT2D eigenvalue weighted by Crippen LogP contribution is -2.14. The van der Waals surface area contributed by atoms with Gasteiger partial charge in [-0.1, -0.05) is 29.3 Å². The van der Waals surface area contributed by atoms with Crippen molar-refractivity contribution < 1.29 is 14.7 Å². The van der Waals surface area contributed by atoms with Gasteiger partial charge in [-0.25, -0.2) is 4.79 Å². The molecule has 0 saturated carbocycles. The number of anilines is 1. The molecule has 2 aromatic rings. The molecule has 0 saturated heterocycles. The Morgan fingerprint density at radius 2 is 1.95 bits per heavy atom. The van der Waals surface area contributed by atoms with Crippen LogP contribution in [0.25, 0.3) is 0 Å². The smallest absolute Gasteiger partial charge is 0.345 e. The number of thiophene rings is 1. The summed E-state index contributed by atoms with van der Waals surface area (Å²) < 4.78 is 0. The van der Waals surface area contributed by atoms with E-state index in [0.29, 0.717) is 15.7 Å². The Balaban J connectivity index is 1.94. The first-order valence-corrected chi connectivity index (χ1v) is 8.28. The molecule has 1 aromatic heterocycles. The second-order valence-electron chi connectivity index (χ2n) is 3.89. The predicted molar refractivity (Wildman–Crippen MR) is 87.1 cm³/mol. The van der Waals surface area contributed by atoms with Crippen molar-refractivity contribution in [2.75, 3.05) is 11.1 Å². The van der Waals surface area contributed by atoms with Crippen molar-refractivity contribution in [1.82, 2.24) is 0 Å². The number of carboxylic acids is 1. The molecule has 0 aliphatic heterocycles. The zero-order valence-corrected chi connectivity index (χ0v) is 13.6. The van der Waals surface area contributed by atoms with Crippen LogP contribution in [0.1, 0.15) is 9.67 Å². The SMILES string of the molecule is O=C(CSc1csc(C(=O)O)c1)Nc1c(Cl)cccc1Cl. The van der Waals surface area contributed by atoms with Gasteiger partial charge in [-0.05, 0) is 18.2 Å². The Bertz CT molecular complexity index is 668. The Morgan fingerprint density at radius 1 is 1.29 bits per heavy atom. The Labute approximate surface area is 139 Å². The van der Waals surface area contributed by atoms with Crippen LogP contribution in [0.4, 0.5) is 5.69 Å². The fourth-order valence-electron chi connectivity index (χ4n) is 1.45. The predicted octanol–water partition coefficient (Wildman–Crippen LogP) is 4.48. The molecule has 1 aromatic carbocycles. The van der Waals surface area contributed by atoms with Crippen LogP contribution < -0.4 is 5.32 Å². The van der Waals surface area contributed by atoms with Crippen LogP contribution in [-0.4, -0.2) is 22.7 Å². The third-order valence-electron chi connectivity index (χ3n) is 2.38. The lowest BCUT2D eigenvalue weighted by Gasteiger charge is -2.08. The van der Waals surface area contributed by atoms with E-state index in [0.717, 1.165) is 16.2 Å².